The van der Waals surface area contributed by atoms with Crippen molar-refractivity contribution >= 4 is 17.6 Å². The number of rotatable bonds is 5. The van der Waals surface area contributed by atoms with Gasteiger partial charge >= 0.3 is 0 Å². The SMILES string of the molecule is CCc1ncnc(N2CCC(Nc3ccnc(N4CCOCC4)n3)CC2)c1F. The Balaban J connectivity index is 1.36. The molecule has 0 saturated carbocycles. The summed E-state index contributed by atoms with van der Waals surface area (Å²) in [7, 11) is 0. The molecule has 8 nitrogen and oxygen atoms in total. The van der Waals surface area contributed by atoms with E-state index in [1.807, 2.05) is 17.9 Å². The van der Waals surface area contributed by atoms with Crippen molar-refractivity contribution in [2.45, 2.75) is 32.2 Å². The maximum Gasteiger partial charge on any atom is 0.227 e. The van der Waals surface area contributed by atoms with Gasteiger partial charge in [0.1, 0.15) is 12.1 Å². The fourth-order valence-electron chi connectivity index (χ4n) is 3.65. The number of ether oxygens (including phenoxy) is 1. The number of anilines is 3. The van der Waals surface area contributed by atoms with Gasteiger partial charge in [0.15, 0.2) is 11.6 Å². The summed E-state index contributed by atoms with van der Waals surface area (Å²) in [5, 5.41) is 3.51. The molecule has 0 atom stereocenters. The molecule has 0 unspecified atom stereocenters. The Morgan fingerprint density at radius 1 is 1.11 bits per heavy atom. The van der Waals surface area contributed by atoms with Crippen LogP contribution in [-0.2, 0) is 11.2 Å². The van der Waals surface area contributed by atoms with Crippen molar-refractivity contribution in [2.24, 2.45) is 0 Å². The molecule has 0 spiro atoms. The number of hydrogen-bond donors (Lipinski definition) is 1. The molecule has 2 aromatic heterocycles. The fraction of sp³-hybridized carbons (Fsp3) is 0.579. The lowest BCUT2D eigenvalue weighted by Gasteiger charge is -2.33. The second-order valence-corrected chi connectivity index (χ2v) is 7.06. The number of piperidine rings is 1. The quantitative estimate of drug-likeness (QED) is 0.833. The van der Waals surface area contributed by atoms with Crippen LogP contribution < -0.4 is 15.1 Å². The van der Waals surface area contributed by atoms with Gasteiger partial charge in [0.2, 0.25) is 5.95 Å². The van der Waals surface area contributed by atoms with Gasteiger partial charge in [-0.1, -0.05) is 6.92 Å². The maximum absolute atomic E-state index is 14.5. The van der Waals surface area contributed by atoms with Crippen molar-refractivity contribution in [3.8, 4) is 0 Å². The van der Waals surface area contributed by atoms with E-state index in [1.54, 1.807) is 6.20 Å². The van der Waals surface area contributed by atoms with Crippen molar-refractivity contribution in [1.82, 2.24) is 19.9 Å². The van der Waals surface area contributed by atoms with E-state index >= 15 is 0 Å². The molecule has 1 N–H and O–H groups in total. The van der Waals surface area contributed by atoms with Crippen LogP contribution in [0.5, 0.6) is 0 Å². The van der Waals surface area contributed by atoms with Crippen LogP contribution >= 0.6 is 0 Å². The molecule has 150 valence electrons. The normalized spacial score (nSPS) is 18.4. The summed E-state index contributed by atoms with van der Waals surface area (Å²) in [5.74, 6) is 1.70. The minimum Gasteiger partial charge on any atom is -0.378 e. The van der Waals surface area contributed by atoms with E-state index < -0.39 is 0 Å². The van der Waals surface area contributed by atoms with Gasteiger partial charge < -0.3 is 19.9 Å². The first kappa shape index (κ1) is 18.8. The number of aryl methyl sites for hydroxylation is 1. The van der Waals surface area contributed by atoms with Crippen molar-refractivity contribution in [3.63, 3.8) is 0 Å². The molecule has 9 heteroatoms. The lowest BCUT2D eigenvalue weighted by atomic mass is 10.0. The second-order valence-electron chi connectivity index (χ2n) is 7.06. The zero-order chi connectivity index (χ0) is 19.3. The summed E-state index contributed by atoms with van der Waals surface area (Å²) in [6.07, 6.45) is 5.59. The molecule has 28 heavy (non-hydrogen) atoms. The van der Waals surface area contributed by atoms with Crippen LogP contribution in [0.15, 0.2) is 18.6 Å². The molecular weight excluding hydrogens is 361 g/mol. The molecule has 0 aliphatic carbocycles. The lowest BCUT2D eigenvalue weighted by molar-refractivity contribution is 0.122. The highest BCUT2D eigenvalue weighted by Gasteiger charge is 2.24. The van der Waals surface area contributed by atoms with Crippen LogP contribution in [-0.4, -0.2) is 65.4 Å². The van der Waals surface area contributed by atoms with Gasteiger partial charge in [-0.3, -0.25) is 0 Å². The zero-order valence-electron chi connectivity index (χ0n) is 16.1. The van der Waals surface area contributed by atoms with E-state index in [0.29, 0.717) is 37.2 Å². The van der Waals surface area contributed by atoms with E-state index in [1.165, 1.54) is 6.33 Å². The van der Waals surface area contributed by atoms with E-state index in [0.717, 1.165) is 50.8 Å². The highest BCUT2D eigenvalue weighted by molar-refractivity contribution is 5.44. The number of nitrogens with zero attached hydrogens (tertiary/aromatic N) is 6. The molecule has 0 amide bonds. The Hall–Kier alpha value is -2.55. The molecular formula is C19H26FN7O. The zero-order valence-corrected chi connectivity index (χ0v) is 16.1. The van der Waals surface area contributed by atoms with Crippen molar-refractivity contribution in [3.05, 3.63) is 30.1 Å². The van der Waals surface area contributed by atoms with Crippen LogP contribution in [0, 0.1) is 5.82 Å². The average Bonchev–Trinajstić information content (AvgIpc) is 2.75. The van der Waals surface area contributed by atoms with E-state index in [2.05, 4.69) is 30.2 Å². The Morgan fingerprint density at radius 3 is 2.64 bits per heavy atom. The standard InChI is InChI=1S/C19H26FN7O/c1-2-15-17(20)18(23-13-22-15)26-7-4-14(5-8-26)24-16-3-6-21-19(25-16)27-9-11-28-12-10-27/h3,6,13-14H,2,4-5,7-12H2,1H3,(H,21,24,25). The molecule has 0 aromatic carbocycles. The second kappa shape index (κ2) is 8.64. The molecule has 2 aromatic rings. The lowest BCUT2D eigenvalue weighted by Crippen LogP contribution is -2.40. The first-order chi connectivity index (χ1) is 13.7. The molecule has 4 heterocycles. The summed E-state index contributed by atoms with van der Waals surface area (Å²) < 4.78 is 19.9. The smallest absolute Gasteiger partial charge is 0.227 e. The number of morpholine rings is 1. The van der Waals surface area contributed by atoms with E-state index in [-0.39, 0.29) is 5.82 Å². The molecule has 2 aliphatic rings. The summed E-state index contributed by atoms with van der Waals surface area (Å²) in [6.45, 7) is 6.43. The van der Waals surface area contributed by atoms with E-state index in [9.17, 15) is 4.39 Å². The maximum atomic E-state index is 14.5. The Bertz CT molecular complexity index is 792. The van der Waals surface area contributed by atoms with Crippen LogP contribution in [0.3, 0.4) is 0 Å². The summed E-state index contributed by atoms with van der Waals surface area (Å²) in [5.41, 5.74) is 0.474. The number of nitrogens with one attached hydrogen (secondary N) is 1. The van der Waals surface area contributed by atoms with Crippen LogP contribution in [0.2, 0.25) is 0 Å². The molecule has 2 saturated heterocycles. The minimum absolute atomic E-state index is 0.289. The molecule has 0 bridgehead atoms. The van der Waals surface area contributed by atoms with Crippen molar-refractivity contribution in [1.29, 1.82) is 0 Å². The molecule has 2 aliphatic heterocycles. The Labute approximate surface area is 164 Å². The monoisotopic (exact) mass is 387 g/mol. The minimum atomic E-state index is -0.289. The first-order valence-corrected chi connectivity index (χ1v) is 9.91. The third-order valence-corrected chi connectivity index (χ3v) is 5.26. The summed E-state index contributed by atoms with van der Waals surface area (Å²) >= 11 is 0. The highest BCUT2D eigenvalue weighted by atomic mass is 19.1. The summed E-state index contributed by atoms with van der Waals surface area (Å²) in [6, 6.07) is 2.19. The van der Waals surface area contributed by atoms with Crippen molar-refractivity contribution < 1.29 is 9.13 Å². The Morgan fingerprint density at radius 2 is 1.89 bits per heavy atom. The van der Waals surface area contributed by atoms with Gasteiger partial charge in [-0.15, -0.1) is 0 Å². The topological polar surface area (TPSA) is 79.3 Å². The molecule has 4 rings (SSSR count). The van der Waals surface area contributed by atoms with Gasteiger partial charge in [-0.25, -0.2) is 19.3 Å². The highest BCUT2D eigenvalue weighted by Crippen LogP contribution is 2.24. The van der Waals surface area contributed by atoms with Crippen molar-refractivity contribution in [2.75, 3.05) is 54.5 Å². The average molecular weight is 387 g/mol. The number of aromatic nitrogens is 4. The number of hydrogen-bond acceptors (Lipinski definition) is 8. The number of halogens is 1. The largest absolute Gasteiger partial charge is 0.378 e. The molecule has 2 fully saturated rings. The van der Waals surface area contributed by atoms with Gasteiger partial charge in [-0.2, -0.15) is 4.98 Å². The van der Waals surface area contributed by atoms with Gasteiger partial charge in [-0.05, 0) is 25.3 Å². The van der Waals surface area contributed by atoms with Gasteiger partial charge in [0.05, 0.1) is 18.9 Å². The first-order valence-electron chi connectivity index (χ1n) is 9.91. The molecule has 0 radical (unpaired) electrons. The van der Waals surface area contributed by atoms with Crippen LogP contribution in [0.4, 0.5) is 22.0 Å². The predicted molar refractivity (Wildman–Crippen MR) is 105 cm³/mol. The third kappa shape index (κ3) is 4.14. The van der Waals surface area contributed by atoms with Gasteiger partial charge in [0.25, 0.3) is 0 Å². The Kier molecular flexibility index (Phi) is 5.80. The van der Waals surface area contributed by atoms with Gasteiger partial charge in [0, 0.05) is 38.4 Å². The predicted octanol–water partition coefficient (Wildman–Crippen LogP) is 1.89. The van der Waals surface area contributed by atoms with Crippen LogP contribution in [0.1, 0.15) is 25.5 Å². The fourth-order valence-corrected chi connectivity index (χ4v) is 3.65. The summed E-state index contributed by atoms with van der Waals surface area (Å²) in [4.78, 5) is 21.4. The van der Waals surface area contributed by atoms with Crippen LogP contribution in [0.25, 0.3) is 0 Å². The van der Waals surface area contributed by atoms with E-state index in [4.69, 9.17) is 4.74 Å². The third-order valence-electron chi connectivity index (χ3n) is 5.26.